The SMILES string of the molecule is C=C.C=COC=O. The maximum atomic E-state index is 9.11. The molecule has 0 aliphatic rings. The van der Waals surface area contributed by atoms with Gasteiger partial charge in [0.15, 0.2) is 0 Å². The summed E-state index contributed by atoms with van der Waals surface area (Å²) in [6.45, 7) is 9.41. The number of carbonyl (C=O) groups excluding carboxylic acids is 1. The maximum absolute atomic E-state index is 9.11. The lowest BCUT2D eigenvalue weighted by atomic mass is 11.1. The Balaban J connectivity index is 0. The first kappa shape index (κ1) is 9.34. The number of carbonyl (C=O) groups is 1. The zero-order chi connectivity index (χ0) is 6.12. The summed E-state index contributed by atoms with van der Waals surface area (Å²) in [5.41, 5.74) is 0. The highest BCUT2D eigenvalue weighted by molar-refractivity contribution is 5.37. The topological polar surface area (TPSA) is 26.3 Å². The second-order valence-corrected chi connectivity index (χ2v) is 0.399. The molecule has 0 radical (unpaired) electrons. The first-order valence-corrected chi connectivity index (χ1v) is 1.62. The summed E-state index contributed by atoms with van der Waals surface area (Å²) >= 11 is 0. The van der Waals surface area contributed by atoms with Gasteiger partial charge in [0.25, 0.3) is 6.47 Å². The molecule has 2 nitrogen and oxygen atoms in total. The molecule has 40 valence electrons. The Morgan fingerprint density at radius 2 is 1.86 bits per heavy atom. The van der Waals surface area contributed by atoms with Gasteiger partial charge in [-0.2, -0.15) is 0 Å². The smallest absolute Gasteiger partial charge is 0.297 e. The Labute approximate surface area is 43.1 Å². The third-order valence-electron chi connectivity index (χ3n) is 0.152. The third kappa shape index (κ3) is 47.7. The van der Waals surface area contributed by atoms with Crippen molar-refractivity contribution in [1.82, 2.24) is 0 Å². The van der Waals surface area contributed by atoms with Crippen LogP contribution >= 0.6 is 0 Å². The quantitative estimate of drug-likeness (QED) is 0.295. The van der Waals surface area contributed by atoms with Gasteiger partial charge in [-0.3, -0.25) is 4.79 Å². The zero-order valence-electron chi connectivity index (χ0n) is 4.09. The molecule has 0 spiro atoms. The fraction of sp³-hybridized carbons (Fsp3) is 0. The Bertz CT molecular complexity index is 44.0. The van der Waals surface area contributed by atoms with E-state index in [0.717, 1.165) is 6.26 Å². The van der Waals surface area contributed by atoms with Crippen LogP contribution in [0.3, 0.4) is 0 Å². The van der Waals surface area contributed by atoms with Crippen LogP contribution in [0.15, 0.2) is 26.0 Å². The minimum absolute atomic E-state index is 0.312. The van der Waals surface area contributed by atoms with Crippen molar-refractivity contribution in [3.8, 4) is 0 Å². The molecule has 0 unspecified atom stereocenters. The monoisotopic (exact) mass is 100 g/mol. The summed E-state index contributed by atoms with van der Waals surface area (Å²) in [7, 11) is 0. The van der Waals surface area contributed by atoms with Gasteiger partial charge in [0.1, 0.15) is 0 Å². The molecule has 0 amide bonds. The average molecular weight is 100 g/mol. The molecule has 0 saturated carbocycles. The van der Waals surface area contributed by atoms with Crippen molar-refractivity contribution in [3.63, 3.8) is 0 Å². The molecule has 0 aliphatic heterocycles. The van der Waals surface area contributed by atoms with Crippen molar-refractivity contribution >= 4 is 6.47 Å². The van der Waals surface area contributed by atoms with Crippen LogP contribution in [0.4, 0.5) is 0 Å². The summed E-state index contributed by atoms with van der Waals surface area (Å²) in [5.74, 6) is 0. The van der Waals surface area contributed by atoms with E-state index >= 15 is 0 Å². The molecule has 2 heteroatoms. The summed E-state index contributed by atoms with van der Waals surface area (Å²) in [6.07, 6.45) is 1.06. The fourth-order valence-corrected chi connectivity index (χ4v) is 0.0393. The number of ether oxygens (including phenoxy) is 1. The van der Waals surface area contributed by atoms with E-state index in [1.807, 2.05) is 0 Å². The first-order chi connectivity index (χ1) is 3.41. The summed E-state index contributed by atoms with van der Waals surface area (Å²) in [4.78, 5) is 9.11. The molecule has 0 aromatic heterocycles. The molecule has 0 heterocycles. The highest BCUT2D eigenvalue weighted by atomic mass is 16.5. The van der Waals surface area contributed by atoms with Crippen LogP contribution in [0.1, 0.15) is 0 Å². The molecule has 0 fully saturated rings. The normalized spacial score (nSPS) is 4.57. The third-order valence-corrected chi connectivity index (χ3v) is 0.152. The molecule has 7 heavy (non-hydrogen) atoms. The van der Waals surface area contributed by atoms with Gasteiger partial charge in [0.2, 0.25) is 0 Å². The number of rotatable bonds is 2. The van der Waals surface area contributed by atoms with Crippen molar-refractivity contribution in [3.05, 3.63) is 26.0 Å². The number of hydrogen-bond donors (Lipinski definition) is 0. The Morgan fingerprint density at radius 3 is 1.86 bits per heavy atom. The fourth-order valence-electron chi connectivity index (χ4n) is 0.0393. The Kier molecular flexibility index (Phi) is 27.1. The lowest BCUT2D eigenvalue weighted by Gasteiger charge is -1.71. The van der Waals surface area contributed by atoms with E-state index in [1.165, 1.54) is 0 Å². The molecule has 0 aliphatic carbocycles. The van der Waals surface area contributed by atoms with Gasteiger partial charge in [-0.15, -0.1) is 13.2 Å². The molecule has 0 N–H and O–H groups in total. The van der Waals surface area contributed by atoms with Crippen LogP contribution in [0.25, 0.3) is 0 Å². The molecular weight excluding hydrogens is 92.1 g/mol. The molecule has 0 atom stereocenters. The lowest BCUT2D eigenvalue weighted by molar-refractivity contribution is -0.123. The largest absolute Gasteiger partial charge is 0.437 e. The second kappa shape index (κ2) is 20.3. The summed E-state index contributed by atoms with van der Waals surface area (Å²) in [5, 5.41) is 0. The summed E-state index contributed by atoms with van der Waals surface area (Å²) in [6, 6.07) is 0. The van der Waals surface area contributed by atoms with E-state index in [0.29, 0.717) is 6.47 Å². The maximum Gasteiger partial charge on any atom is 0.297 e. The molecule has 0 aromatic rings. The van der Waals surface area contributed by atoms with Crippen molar-refractivity contribution in [2.24, 2.45) is 0 Å². The highest BCUT2D eigenvalue weighted by Crippen LogP contribution is 1.55. The van der Waals surface area contributed by atoms with Gasteiger partial charge >= 0.3 is 0 Å². The van der Waals surface area contributed by atoms with Crippen molar-refractivity contribution < 1.29 is 9.53 Å². The zero-order valence-corrected chi connectivity index (χ0v) is 4.09. The minimum Gasteiger partial charge on any atom is -0.437 e. The van der Waals surface area contributed by atoms with Gasteiger partial charge in [-0.1, -0.05) is 6.58 Å². The van der Waals surface area contributed by atoms with Crippen molar-refractivity contribution in [2.75, 3.05) is 0 Å². The van der Waals surface area contributed by atoms with Crippen LogP contribution in [0, 0.1) is 0 Å². The van der Waals surface area contributed by atoms with E-state index in [9.17, 15) is 0 Å². The number of hydrogen-bond acceptors (Lipinski definition) is 2. The van der Waals surface area contributed by atoms with Gasteiger partial charge < -0.3 is 4.74 Å². The molecule has 0 bridgehead atoms. The standard InChI is InChI=1S/C3H4O2.C2H4/c1-2-5-3-4;1-2/h2-3H,1H2;1-2H2. The lowest BCUT2D eigenvalue weighted by Crippen LogP contribution is -1.66. The van der Waals surface area contributed by atoms with Crippen LogP contribution in [0.5, 0.6) is 0 Å². The predicted octanol–water partition coefficient (Wildman–Crippen LogP) is 1.11. The van der Waals surface area contributed by atoms with E-state index < -0.39 is 0 Å². The molecule has 0 rings (SSSR count). The van der Waals surface area contributed by atoms with Gasteiger partial charge in [0.05, 0.1) is 6.26 Å². The van der Waals surface area contributed by atoms with Crippen LogP contribution in [-0.4, -0.2) is 6.47 Å². The van der Waals surface area contributed by atoms with E-state index in [-0.39, 0.29) is 0 Å². The van der Waals surface area contributed by atoms with E-state index in [2.05, 4.69) is 24.5 Å². The van der Waals surface area contributed by atoms with E-state index in [4.69, 9.17) is 4.79 Å². The van der Waals surface area contributed by atoms with Crippen LogP contribution in [0.2, 0.25) is 0 Å². The minimum atomic E-state index is 0.312. The highest BCUT2D eigenvalue weighted by Gasteiger charge is 1.52. The molecule has 0 aromatic carbocycles. The van der Waals surface area contributed by atoms with Crippen LogP contribution < -0.4 is 0 Å². The second-order valence-electron chi connectivity index (χ2n) is 0.399. The van der Waals surface area contributed by atoms with Crippen molar-refractivity contribution in [1.29, 1.82) is 0 Å². The van der Waals surface area contributed by atoms with Crippen molar-refractivity contribution in [2.45, 2.75) is 0 Å². The van der Waals surface area contributed by atoms with Gasteiger partial charge in [-0.25, -0.2) is 0 Å². The summed E-state index contributed by atoms with van der Waals surface area (Å²) < 4.78 is 3.92. The Hall–Kier alpha value is -1.05. The average Bonchev–Trinajstić information content (AvgIpc) is 1.75. The van der Waals surface area contributed by atoms with Gasteiger partial charge in [0, 0.05) is 0 Å². The first-order valence-electron chi connectivity index (χ1n) is 1.62. The predicted molar refractivity (Wildman–Crippen MR) is 28.6 cm³/mol. The molecular formula is C5H8O2. The van der Waals surface area contributed by atoms with E-state index in [1.54, 1.807) is 0 Å². The molecule has 0 saturated heterocycles. The Morgan fingerprint density at radius 1 is 1.43 bits per heavy atom. The van der Waals surface area contributed by atoms with Crippen LogP contribution in [-0.2, 0) is 9.53 Å². The van der Waals surface area contributed by atoms with Gasteiger partial charge in [-0.05, 0) is 0 Å².